The average Bonchev–Trinajstić information content (AvgIpc) is 2.72. The van der Waals surface area contributed by atoms with Crippen molar-refractivity contribution in [1.29, 1.82) is 0 Å². The molecule has 3 N–H and O–H groups in total. The van der Waals surface area contributed by atoms with Crippen molar-refractivity contribution in [2.75, 3.05) is 12.4 Å². The standard InChI is InChI=1S/C28H36N2O3/c1-19(12-15-24-21(3)11-8-16-28(24,4)5)9-7-10-20(2)17-26(31)30-25-18-22(33-6)13-14-23(25)27(29)32/h7,9-10,12-15,17-18H,8,11,16H2,1-6H3,(H2,29,32)(H,30,31)/b10-7+,15-12+,19-9+,20-17+. The highest BCUT2D eigenvalue weighted by Gasteiger charge is 2.26. The highest BCUT2D eigenvalue weighted by Crippen LogP contribution is 2.40. The summed E-state index contributed by atoms with van der Waals surface area (Å²) in [6.45, 7) is 10.8. The number of nitrogens with one attached hydrogen (secondary N) is 1. The van der Waals surface area contributed by atoms with E-state index >= 15 is 0 Å². The van der Waals surface area contributed by atoms with Gasteiger partial charge in [-0.1, -0.05) is 55.4 Å². The molecule has 1 aromatic carbocycles. The molecule has 2 amide bonds. The normalized spacial score (nSPS) is 17.0. The first-order valence-electron chi connectivity index (χ1n) is 11.2. The quantitative estimate of drug-likeness (QED) is 0.363. The number of rotatable bonds is 8. The third-order valence-electron chi connectivity index (χ3n) is 5.88. The largest absolute Gasteiger partial charge is 0.497 e. The molecular formula is C28H36N2O3. The number of allylic oxidation sites excluding steroid dienone is 9. The fourth-order valence-corrected chi connectivity index (χ4v) is 4.02. The van der Waals surface area contributed by atoms with Crippen LogP contribution < -0.4 is 15.8 Å². The number of ether oxygens (including phenoxy) is 1. The molecule has 1 aliphatic rings. The Morgan fingerprint density at radius 3 is 2.52 bits per heavy atom. The van der Waals surface area contributed by atoms with Gasteiger partial charge >= 0.3 is 0 Å². The van der Waals surface area contributed by atoms with Crippen molar-refractivity contribution in [2.45, 2.75) is 53.9 Å². The summed E-state index contributed by atoms with van der Waals surface area (Å²) in [7, 11) is 1.51. The Bertz CT molecular complexity index is 1050. The predicted molar refractivity (Wildman–Crippen MR) is 136 cm³/mol. The molecule has 0 radical (unpaired) electrons. The lowest BCUT2D eigenvalue weighted by Gasteiger charge is -2.32. The van der Waals surface area contributed by atoms with Gasteiger partial charge < -0.3 is 15.8 Å². The Hall–Kier alpha value is -3.34. The Labute approximate surface area is 197 Å². The number of hydrogen-bond donors (Lipinski definition) is 2. The van der Waals surface area contributed by atoms with Crippen LogP contribution in [0, 0.1) is 5.41 Å². The third-order valence-corrected chi connectivity index (χ3v) is 5.88. The van der Waals surface area contributed by atoms with Crippen molar-refractivity contribution in [3.05, 3.63) is 82.5 Å². The van der Waals surface area contributed by atoms with E-state index < -0.39 is 5.91 Å². The number of amides is 2. The van der Waals surface area contributed by atoms with Crippen LogP contribution in [0.2, 0.25) is 0 Å². The summed E-state index contributed by atoms with van der Waals surface area (Å²) in [5.41, 5.74) is 11.0. The van der Waals surface area contributed by atoms with Gasteiger partial charge in [-0.2, -0.15) is 0 Å². The van der Waals surface area contributed by atoms with Gasteiger partial charge in [0, 0.05) is 12.1 Å². The molecule has 0 bridgehead atoms. The van der Waals surface area contributed by atoms with Gasteiger partial charge in [0.05, 0.1) is 18.4 Å². The predicted octanol–water partition coefficient (Wildman–Crippen LogP) is 6.26. The van der Waals surface area contributed by atoms with Gasteiger partial charge in [-0.15, -0.1) is 0 Å². The number of primary amides is 1. The summed E-state index contributed by atoms with van der Waals surface area (Å²) in [4.78, 5) is 24.0. The molecule has 1 aromatic rings. The van der Waals surface area contributed by atoms with E-state index in [0.29, 0.717) is 11.4 Å². The van der Waals surface area contributed by atoms with Crippen LogP contribution in [0.5, 0.6) is 5.75 Å². The zero-order valence-corrected chi connectivity index (χ0v) is 20.6. The van der Waals surface area contributed by atoms with Gasteiger partial charge in [-0.05, 0) is 68.7 Å². The van der Waals surface area contributed by atoms with E-state index in [1.807, 2.05) is 25.2 Å². The molecule has 0 saturated carbocycles. The summed E-state index contributed by atoms with van der Waals surface area (Å²) in [6, 6.07) is 4.72. The van der Waals surface area contributed by atoms with Crippen LogP contribution in [0.25, 0.3) is 0 Å². The Morgan fingerprint density at radius 2 is 1.88 bits per heavy atom. The van der Waals surface area contributed by atoms with E-state index in [9.17, 15) is 9.59 Å². The molecule has 0 aromatic heterocycles. The van der Waals surface area contributed by atoms with Gasteiger partial charge in [-0.3, -0.25) is 9.59 Å². The average molecular weight is 449 g/mol. The molecule has 5 heteroatoms. The van der Waals surface area contributed by atoms with Crippen LogP contribution in [0.15, 0.2) is 76.9 Å². The molecular weight excluding hydrogens is 412 g/mol. The Kier molecular flexibility index (Phi) is 9.03. The second-order valence-electron chi connectivity index (χ2n) is 9.19. The molecule has 33 heavy (non-hydrogen) atoms. The van der Waals surface area contributed by atoms with E-state index in [0.717, 1.165) is 11.1 Å². The van der Waals surface area contributed by atoms with Crippen molar-refractivity contribution < 1.29 is 14.3 Å². The number of benzene rings is 1. The van der Waals surface area contributed by atoms with Crippen LogP contribution in [0.1, 0.15) is 64.2 Å². The summed E-state index contributed by atoms with van der Waals surface area (Å²) in [6.07, 6.45) is 15.3. The van der Waals surface area contributed by atoms with Crippen LogP contribution in [0.3, 0.4) is 0 Å². The summed E-state index contributed by atoms with van der Waals surface area (Å²) < 4.78 is 5.16. The molecule has 5 nitrogen and oxygen atoms in total. The van der Waals surface area contributed by atoms with Crippen LogP contribution in [-0.2, 0) is 4.79 Å². The van der Waals surface area contributed by atoms with Gasteiger partial charge in [0.15, 0.2) is 0 Å². The fourth-order valence-electron chi connectivity index (χ4n) is 4.02. The monoisotopic (exact) mass is 448 g/mol. The number of carbonyl (C=O) groups is 2. The number of methoxy groups -OCH3 is 1. The molecule has 1 aliphatic carbocycles. The number of hydrogen-bond acceptors (Lipinski definition) is 3. The lowest BCUT2D eigenvalue weighted by molar-refractivity contribution is -0.111. The second-order valence-corrected chi connectivity index (χ2v) is 9.19. The highest BCUT2D eigenvalue weighted by atomic mass is 16.5. The molecule has 0 saturated heterocycles. The van der Waals surface area contributed by atoms with E-state index in [-0.39, 0.29) is 16.9 Å². The molecule has 2 rings (SSSR count). The first-order valence-corrected chi connectivity index (χ1v) is 11.2. The number of nitrogens with two attached hydrogens (primary N) is 1. The molecule has 0 heterocycles. The number of anilines is 1. The minimum absolute atomic E-state index is 0.221. The molecule has 0 fully saturated rings. The van der Waals surface area contributed by atoms with Gasteiger partial charge in [0.1, 0.15) is 5.75 Å². The van der Waals surface area contributed by atoms with Crippen LogP contribution >= 0.6 is 0 Å². The molecule has 0 atom stereocenters. The van der Waals surface area contributed by atoms with E-state index in [1.165, 1.54) is 49.7 Å². The molecule has 176 valence electrons. The summed E-state index contributed by atoms with van der Waals surface area (Å²) in [5.74, 6) is -0.452. The fraction of sp³-hybridized carbons (Fsp3) is 0.357. The van der Waals surface area contributed by atoms with E-state index in [2.05, 4.69) is 45.2 Å². The topological polar surface area (TPSA) is 81.4 Å². The highest BCUT2D eigenvalue weighted by molar-refractivity contribution is 6.06. The van der Waals surface area contributed by atoms with Gasteiger partial charge in [-0.25, -0.2) is 0 Å². The van der Waals surface area contributed by atoms with Crippen LogP contribution in [-0.4, -0.2) is 18.9 Å². The zero-order valence-electron chi connectivity index (χ0n) is 20.6. The van der Waals surface area contributed by atoms with Crippen LogP contribution in [0.4, 0.5) is 5.69 Å². The Balaban J connectivity index is 2.06. The number of carbonyl (C=O) groups excluding carboxylic acids is 2. The second kappa shape index (κ2) is 11.5. The van der Waals surface area contributed by atoms with E-state index in [1.54, 1.807) is 12.1 Å². The van der Waals surface area contributed by atoms with Crippen molar-refractivity contribution in [3.63, 3.8) is 0 Å². The Morgan fingerprint density at radius 1 is 1.15 bits per heavy atom. The maximum absolute atomic E-state index is 12.4. The van der Waals surface area contributed by atoms with E-state index in [4.69, 9.17) is 10.5 Å². The lowest BCUT2D eigenvalue weighted by atomic mass is 9.72. The lowest BCUT2D eigenvalue weighted by Crippen LogP contribution is -2.19. The third kappa shape index (κ3) is 7.63. The maximum atomic E-state index is 12.4. The molecule has 0 spiro atoms. The smallest absolute Gasteiger partial charge is 0.250 e. The zero-order chi connectivity index (χ0) is 24.6. The first kappa shape index (κ1) is 25.9. The first-order chi connectivity index (χ1) is 15.5. The van der Waals surface area contributed by atoms with Crippen molar-refractivity contribution in [1.82, 2.24) is 0 Å². The minimum Gasteiger partial charge on any atom is -0.497 e. The summed E-state index contributed by atoms with van der Waals surface area (Å²) >= 11 is 0. The van der Waals surface area contributed by atoms with Gasteiger partial charge in [0.2, 0.25) is 5.91 Å². The molecule has 0 unspecified atom stereocenters. The van der Waals surface area contributed by atoms with Crippen molar-refractivity contribution in [2.24, 2.45) is 11.1 Å². The maximum Gasteiger partial charge on any atom is 0.250 e. The summed E-state index contributed by atoms with van der Waals surface area (Å²) in [5, 5.41) is 2.70. The SMILES string of the molecule is COc1ccc(C(N)=O)c(NC(=O)/C=C(C)/C=C/C=C(C)/C=C/C2=C(C)CCCC2(C)C)c1. The molecule has 0 aliphatic heterocycles. The minimum atomic E-state index is -0.621. The van der Waals surface area contributed by atoms with Crippen molar-refractivity contribution in [3.8, 4) is 5.75 Å². The van der Waals surface area contributed by atoms with Gasteiger partial charge in [0.25, 0.3) is 5.91 Å². The van der Waals surface area contributed by atoms with Crippen molar-refractivity contribution >= 4 is 17.5 Å².